The Bertz CT molecular complexity index is 741. The highest BCUT2D eigenvalue weighted by Crippen LogP contribution is 2.24. The molecular formula is C20H22N2O3. The van der Waals surface area contributed by atoms with Crippen molar-refractivity contribution in [1.82, 2.24) is 4.90 Å². The molecule has 1 aliphatic heterocycles. The third-order valence-corrected chi connectivity index (χ3v) is 4.45. The van der Waals surface area contributed by atoms with Crippen molar-refractivity contribution in [2.24, 2.45) is 5.16 Å². The second kappa shape index (κ2) is 7.94. The van der Waals surface area contributed by atoms with Gasteiger partial charge in [0.05, 0.1) is 12.3 Å². The summed E-state index contributed by atoms with van der Waals surface area (Å²) in [7, 11) is 1.50. The molecule has 0 radical (unpaired) electrons. The first kappa shape index (κ1) is 17.2. The van der Waals surface area contributed by atoms with Crippen LogP contribution < -0.4 is 0 Å². The first-order valence-corrected chi connectivity index (χ1v) is 8.39. The van der Waals surface area contributed by atoms with Gasteiger partial charge in [-0.3, -0.25) is 4.79 Å². The van der Waals surface area contributed by atoms with E-state index in [1.807, 2.05) is 54.6 Å². The van der Waals surface area contributed by atoms with Crippen molar-refractivity contribution < 1.29 is 14.7 Å². The Morgan fingerprint density at radius 3 is 2.48 bits per heavy atom. The molecule has 1 saturated heterocycles. The van der Waals surface area contributed by atoms with E-state index < -0.39 is 0 Å². The number of carbonyl (C=O) groups excluding carboxylic acids is 1. The molecule has 1 N–H and O–H groups in total. The molecule has 1 heterocycles. The van der Waals surface area contributed by atoms with Gasteiger partial charge in [0, 0.05) is 24.6 Å². The largest absolute Gasteiger partial charge is 0.399 e. The van der Waals surface area contributed by atoms with E-state index >= 15 is 0 Å². The van der Waals surface area contributed by atoms with Crippen LogP contribution in [0.4, 0.5) is 0 Å². The molecule has 0 spiro atoms. The van der Waals surface area contributed by atoms with Gasteiger partial charge in [-0.05, 0) is 29.7 Å². The quantitative estimate of drug-likeness (QED) is 0.853. The van der Waals surface area contributed by atoms with Crippen LogP contribution in [0.2, 0.25) is 0 Å². The highest BCUT2D eigenvalue weighted by atomic mass is 16.6. The van der Waals surface area contributed by atoms with Gasteiger partial charge in [-0.2, -0.15) is 0 Å². The third kappa shape index (κ3) is 3.88. The van der Waals surface area contributed by atoms with Crippen LogP contribution in [0.15, 0.2) is 59.8 Å². The Morgan fingerprint density at radius 2 is 1.84 bits per heavy atom. The first-order chi connectivity index (χ1) is 12.2. The molecular weight excluding hydrogens is 316 g/mol. The smallest absolute Gasteiger partial charge is 0.254 e. The maximum atomic E-state index is 12.9. The Hall–Kier alpha value is -2.66. The van der Waals surface area contributed by atoms with E-state index in [1.54, 1.807) is 4.90 Å². The molecule has 1 atom stereocenters. The summed E-state index contributed by atoms with van der Waals surface area (Å²) in [5.41, 5.74) is 3.67. The van der Waals surface area contributed by atoms with E-state index in [0.717, 1.165) is 16.8 Å². The Kier molecular flexibility index (Phi) is 5.46. The Morgan fingerprint density at radius 1 is 1.16 bits per heavy atom. The topological polar surface area (TPSA) is 62.1 Å². The van der Waals surface area contributed by atoms with Gasteiger partial charge in [-0.15, -0.1) is 0 Å². The number of nitrogens with zero attached hydrogens (tertiary/aromatic N) is 2. The molecule has 2 aromatic carbocycles. The number of amides is 1. The summed E-state index contributed by atoms with van der Waals surface area (Å²) in [6.07, 6.45) is 1.18. The van der Waals surface area contributed by atoms with Crippen molar-refractivity contribution in [1.29, 1.82) is 0 Å². The molecule has 1 fully saturated rings. The Labute approximate surface area is 147 Å². The highest BCUT2D eigenvalue weighted by molar-refractivity contribution is 6.00. The normalized spacial score (nSPS) is 18.6. The molecule has 0 saturated carbocycles. The van der Waals surface area contributed by atoms with Crippen LogP contribution in [-0.4, -0.2) is 47.9 Å². The van der Waals surface area contributed by atoms with Crippen LogP contribution in [0, 0.1) is 0 Å². The van der Waals surface area contributed by atoms with E-state index in [0.29, 0.717) is 24.9 Å². The van der Waals surface area contributed by atoms with E-state index in [1.165, 1.54) is 7.11 Å². The zero-order valence-corrected chi connectivity index (χ0v) is 14.3. The second-order valence-electron chi connectivity index (χ2n) is 6.09. The third-order valence-electron chi connectivity index (χ3n) is 4.45. The maximum Gasteiger partial charge on any atom is 0.254 e. The average molecular weight is 338 g/mol. The standard InChI is InChI=1S/C20H22N2O3/c1-25-21-18-13-19(11-12-23)22(14-18)20(24)17-9-7-16(8-10-17)15-5-3-2-4-6-15/h2-10,19,23H,11-14H2,1H3/b21-18+. The van der Waals surface area contributed by atoms with Crippen LogP contribution in [-0.2, 0) is 4.84 Å². The molecule has 3 rings (SSSR count). The van der Waals surface area contributed by atoms with E-state index in [9.17, 15) is 9.90 Å². The SMILES string of the molecule is CO/N=C1\CC(CCO)N(C(=O)c2ccc(-c3ccccc3)cc2)C1. The Balaban J connectivity index is 1.78. The van der Waals surface area contributed by atoms with E-state index in [4.69, 9.17) is 4.84 Å². The number of rotatable bonds is 5. The van der Waals surface area contributed by atoms with Crippen molar-refractivity contribution >= 4 is 11.6 Å². The zero-order chi connectivity index (χ0) is 17.6. The lowest BCUT2D eigenvalue weighted by Gasteiger charge is -2.23. The van der Waals surface area contributed by atoms with E-state index in [-0.39, 0.29) is 18.6 Å². The molecule has 5 nitrogen and oxygen atoms in total. The minimum atomic E-state index is -0.0423. The van der Waals surface area contributed by atoms with Crippen LogP contribution in [0.25, 0.3) is 11.1 Å². The molecule has 0 aliphatic carbocycles. The van der Waals surface area contributed by atoms with Crippen LogP contribution >= 0.6 is 0 Å². The van der Waals surface area contributed by atoms with E-state index in [2.05, 4.69) is 5.16 Å². The summed E-state index contributed by atoms with van der Waals surface area (Å²) in [6.45, 7) is 0.486. The fourth-order valence-corrected chi connectivity index (χ4v) is 3.21. The minimum Gasteiger partial charge on any atom is -0.399 e. The summed E-state index contributed by atoms with van der Waals surface area (Å²) >= 11 is 0. The van der Waals surface area contributed by atoms with Gasteiger partial charge in [0.2, 0.25) is 0 Å². The predicted molar refractivity (Wildman–Crippen MR) is 97.5 cm³/mol. The van der Waals surface area contributed by atoms with Gasteiger partial charge in [0.15, 0.2) is 0 Å². The molecule has 0 aromatic heterocycles. The fraction of sp³-hybridized carbons (Fsp3) is 0.300. The fourth-order valence-electron chi connectivity index (χ4n) is 3.21. The molecule has 0 bridgehead atoms. The number of aliphatic hydroxyl groups is 1. The lowest BCUT2D eigenvalue weighted by atomic mass is 10.0. The number of benzene rings is 2. The van der Waals surface area contributed by atoms with Crippen LogP contribution in [0.5, 0.6) is 0 Å². The summed E-state index contributed by atoms with van der Waals surface area (Å²) in [5, 5.41) is 13.2. The summed E-state index contributed by atoms with van der Waals surface area (Å²) in [5.74, 6) is -0.0423. The first-order valence-electron chi connectivity index (χ1n) is 8.39. The van der Waals surface area contributed by atoms with Crippen molar-refractivity contribution in [3.8, 4) is 11.1 Å². The molecule has 130 valence electrons. The lowest BCUT2D eigenvalue weighted by molar-refractivity contribution is 0.0720. The summed E-state index contributed by atoms with van der Waals surface area (Å²) in [6, 6.07) is 17.6. The average Bonchev–Trinajstić information content (AvgIpc) is 3.05. The van der Waals surface area contributed by atoms with Crippen LogP contribution in [0.3, 0.4) is 0 Å². The second-order valence-corrected chi connectivity index (χ2v) is 6.09. The van der Waals surface area contributed by atoms with Crippen molar-refractivity contribution in [3.63, 3.8) is 0 Å². The number of aliphatic hydroxyl groups excluding tert-OH is 1. The molecule has 1 aliphatic rings. The number of hydrogen-bond donors (Lipinski definition) is 1. The maximum absolute atomic E-state index is 12.9. The van der Waals surface area contributed by atoms with Gasteiger partial charge in [0.1, 0.15) is 7.11 Å². The van der Waals surface area contributed by atoms with Gasteiger partial charge in [0.25, 0.3) is 5.91 Å². The molecule has 1 amide bonds. The zero-order valence-electron chi connectivity index (χ0n) is 14.3. The van der Waals surface area contributed by atoms with Crippen molar-refractivity contribution in [2.45, 2.75) is 18.9 Å². The van der Waals surface area contributed by atoms with Gasteiger partial charge in [-0.25, -0.2) is 0 Å². The number of hydrogen-bond acceptors (Lipinski definition) is 4. The molecule has 5 heteroatoms. The van der Waals surface area contributed by atoms with Crippen molar-refractivity contribution in [3.05, 3.63) is 60.2 Å². The van der Waals surface area contributed by atoms with Crippen LogP contribution in [0.1, 0.15) is 23.2 Å². The molecule has 1 unspecified atom stereocenters. The van der Waals surface area contributed by atoms with Gasteiger partial charge < -0.3 is 14.8 Å². The number of oxime groups is 1. The predicted octanol–water partition coefficient (Wildman–Crippen LogP) is 2.95. The van der Waals surface area contributed by atoms with Gasteiger partial charge in [-0.1, -0.05) is 47.6 Å². The number of likely N-dealkylation sites (tertiary alicyclic amines) is 1. The monoisotopic (exact) mass is 338 g/mol. The summed E-state index contributed by atoms with van der Waals surface area (Å²) in [4.78, 5) is 19.5. The summed E-state index contributed by atoms with van der Waals surface area (Å²) < 4.78 is 0. The highest BCUT2D eigenvalue weighted by Gasteiger charge is 2.33. The number of carbonyl (C=O) groups is 1. The molecule has 25 heavy (non-hydrogen) atoms. The lowest BCUT2D eigenvalue weighted by Crippen LogP contribution is -2.36. The van der Waals surface area contributed by atoms with Crippen molar-refractivity contribution in [2.75, 3.05) is 20.3 Å². The van der Waals surface area contributed by atoms with Gasteiger partial charge >= 0.3 is 0 Å². The molecule has 2 aromatic rings. The minimum absolute atomic E-state index is 0.0415.